The Morgan fingerprint density at radius 3 is 2.75 bits per heavy atom. The second-order valence-corrected chi connectivity index (χ2v) is 4.45. The summed E-state index contributed by atoms with van der Waals surface area (Å²) < 4.78 is 39.7. The molecule has 0 bridgehead atoms. The van der Waals surface area contributed by atoms with Crippen molar-refractivity contribution < 1.29 is 13.2 Å². The summed E-state index contributed by atoms with van der Waals surface area (Å²) in [7, 11) is 1.73. The lowest BCUT2D eigenvalue weighted by Crippen LogP contribution is -2.22. The van der Waals surface area contributed by atoms with Crippen molar-refractivity contribution in [2.24, 2.45) is 0 Å². The van der Waals surface area contributed by atoms with Crippen LogP contribution < -0.4 is 4.90 Å². The van der Waals surface area contributed by atoms with E-state index in [1.165, 1.54) is 6.07 Å². The second kappa shape index (κ2) is 5.94. The second-order valence-electron chi connectivity index (χ2n) is 4.45. The van der Waals surface area contributed by atoms with Crippen LogP contribution in [0.4, 0.5) is 19.0 Å². The summed E-state index contributed by atoms with van der Waals surface area (Å²) in [6.07, 6.45) is 1.64. The topological polar surface area (TPSA) is 34.0 Å². The normalized spacial score (nSPS) is 11.6. The maximum absolute atomic E-state index is 12.6. The number of hydrogen-bond acceptors (Lipinski definition) is 3. The Morgan fingerprint density at radius 2 is 2.10 bits per heavy atom. The molecule has 2 heterocycles. The van der Waals surface area contributed by atoms with Gasteiger partial charge in [0.1, 0.15) is 11.5 Å². The maximum atomic E-state index is 12.6. The van der Waals surface area contributed by atoms with Crippen molar-refractivity contribution in [2.45, 2.75) is 19.1 Å². The number of rotatable bonds is 5. The number of pyridine rings is 1. The van der Waals surface area contributed by atoms with Gasteiger partial charge >= 0.3 is 6.18 Å². The Labute approximate surface area is 114 Å². The Kier molecular flexibility index (Phi) is 4.26. The predicted molar refractivity (Wildman–Crippen MR) is 69.4 cm³/mol. The first-order valence-corrected chi connectivity index (χ1v) is 6.18. The van der Waals surface area contributed by atoms with Crippen LogP contribution in [-0.4, -0.2) is 28.1 Å². The number of aromatic nitrogens is 3. The van der Waals surface area contributed by atoms with Gasteiger partial charge in [0.15, 0.2) is 0 Å². The number of hydrogen-bond donors (Lipinski definition) is 0. The first-order chi connectivity index (χ1) is 9.47. The van der Waals surface area contributed by atoms with Crippen molar-refractivity contribution >= 4 is 5.82 Å². The largest absolute Gasteiger partial charge is 0.433 e. The van der Waals surface area contributed by atoms with Gasteiger partial charge in [-0.3, -0.25) is 0 Å². The molecular formula is C13H15F3N4. The Balaban J connectivity index is 1.93. The van der Waals surface area contributed by atoms with E-state index in [2.05, 4.69) is 9.97 Å². The average molecular weight is 284 g/mol. The Hall–Kier alpha value is -2.05. The zero-order chi connectivity index (χ0) is 14.6. The molecule has 2 rings (SSSR count). The summed E-state index contributed by atoms with van der Waals surface area (Å²) in [6.45, 7) is 1.38. The molecule has 0 spiro atoms. The van der Waals surface area contributed by atoms with Crippen LogP contribution in [0.3, 0.4) is 0 Å². The van der Waals surface area contributed by atoms with Gasteiger partial charge < -0.3 is 9.47 Å². The fourth-order valence-corrected chi connectivity index (χ4v) is 1.82. The molecule has 0 radical (unpaired) electrons. The summed E-state index contributed by atoms with van der Waals surface area (Å²) in [6, 6.07) is 3.92. The standard InChI is InChI=1S/C13H15F3N4/c1-19(7-3-8-20-9-6-17-10-20)12-5-2-4-11(18-12)13(14,15)16/h2,4-6,9-10H,3,7-8H2,1H3. The van der Waals surface area contributed by atoms with Gasteiger partial charge in [-0.05, 0) is 18.6 Å². The van der Waals surface area contributed by atoms with Crippen molar-refractivity contribution in [2.75, 3.05) is 18.5 Å². The van der Waals surface area contributed by atoms with Gasteiger partial charge in [0.25, 0.3) is 0 Å². The van der Waals surface area contributed by atoms with Crippen LogP contribution in [0.5, 0.6) is 0 Å². The number of imidazole rings is 1. The number of halogens is 3. The molecule has 2 aromatic rings. The van der Waals surface area contributed by atoms with Gasteiger partial charge in [-0.2, -0.15) is 13.2 Å². The summed E-state index contributed by atoms with van der Waals surface area (Å²) in [4.78, 5) is 9.28. The lowest BCUT2D eigenvalue weighted by atomic mass is 10.3. The summed E-state index contributed by atoms with van der Waals surface area (Å²) in [5.74, 6) is 0.324. The molecule has 108 valence electrons. The highest BCUT2D eigenvalue weighted by Crippen LogP contribution is 2.28. The molecule has 0 fully saturated rings. The van der Waals surface area contributed by atoms with E-state index in [0.29, 0.717) is 12.4 Å². The Bertz CT molecular complexity index is 537. The van der Waals surface area contributed by atoms with Crippen LogP contribution in [0, 0.1) is 0 Å². The minimum absolute atomic E-state index is 0.324. The minimum atomic E-state index is -4.41. The predicted octanol–water partition coefficient (Wildman–Crippen LogP) is 2.82. The van der Waals surface area contributed by atoms with Crippen LogP contribution in [0.25, 0.3) is 0 Å². The monoisotopic (exact) mass is 284 g/mol. The summed E-state index contributed by atoms with van der Waals surface area (Å²) in [5, 5.41) is 0. The van der Waals surface area contributed by atoms with Gasteiger partial charge in [-0.25, -0.2) is 9.97 Å². The van der Waals surface area contributed by atoms with E-state index in [1.807, 2.05) is 10.8 Å². The third-order valence-corrected chi connectivity index (χ3v) is 2.88. The van der Waals surface area contributed by atoms with E-state index in [4.69, 9.17) is 0 Å². The lowest BCUT2D eigenvalue weighted by molar-refractivity contribution is -0.141. The van der Waals surface area contributed by atoms with Crippen molar-refractivity contribution in [3.63, 3.8) is 0 Å². The molecule has 0 saturated carbocycles. The highest BCUT2D eigenvalue weighted by atomic mass is 19.4. The molecule has 0 aromatic carbocycles. The van der Waals surface area contributed by atoms with Gasteiger partial charge in [0.2, 0.25) is 0 Å². The zero-order valence-electron chi connectivity index (χ0n) is 11.0. The minimum Gasteiger partial charge on any atom is -0.360 e. The van der Waals surface area contributed by atoms with E-state index >= 15 is 0 Å². The van der Waals surface area contributed by atoms with Crippen molar-refractivity contribution in [3.05, 3.63) is 42.6 Å². The molecule has 0 atom stereocenters. The highest BCUT2D eigenvalue weighted by molar-refractivity contribution is 5.38. The number of aryl methyl sites for hydroxylation is 1. The summed E-state index contributed by atoms with van der Waals surface area (Å²) >= 11 is 0. The molecule has 0 aliphatic heterocycles. The number of nitrogens with zero attached hydrogens (tertiary/aromatic N) is 4. The van der Waals surface area contributed by atoms with E-state index in [-0.39, 0.29) is 0 Å². The van der Waals surface area contributed by atoms with Crippen LogP contribution in [0.1, 0.15) is 12.1 Å². The third kappa shape index (κ3) is 3.72. The molecule has 2 aromatic heterocycles. The fraction of sp³-hybridized carbons (Fsp3) is 0.385. The SMILES string of the molecule is CN(CCCn1ccnc1)c1cccc(C(F)(F)F)n1. The molecule has 4 nitrogen and oxygen atoms in total. The molecule has 7 heteroatoms. The Morgan fingerprint density at radius 1 is 1.30 bits per heavy atom. The third-order valence-electron chi connectivity index (χ3n) is 2.88. The molecular weight excluding hydrogens is 269 g/mol. The molecule has 0 amide bonds. The van der Waals surface area contributed by atoms with Crippen molar-refractivity contribution in [1.29, 1.82) is 0 Å². The molecule has 0 unspecified atom stereocenters. The highest BCUT2D eigenvalue weighted by Gasteiger charge is 2.32. The zero-order valence-corrected chi connectivity index (χ0v) is 11.0. The fourth-order valence-electron chi connectivity index (χ4n) is 1.82. The molecule has 20 heavy (non-hydrogen) atoms. The van der Waals surface area contributed by atoms with Gasteiger partial charge in [-0.15, -0.1) is 0 Å². The molecule has 0 N–H and O–H groups in total. The van der Waals surface area contributed by atoms with Crippen LogP contribution >= 0.6 is 0 Å². The quantitative estimate of drug-likeness (QED) is 0.846. The molecule has 0 aliphatic carbocycles. The van der Waals surface area contributed by atoms with Crippen LogP contribution in [-0.2, 0) is 12.7 Å². The first-order valence-electron chi connectivity index (χ1n) is 6.18. The summed E-state index contributed by atoms with van der Waals surface area (Å²) in [5.41, 5.74) is -0.864. The van der Waals surface area contributed by atoms with Crippen molar-refractivity contribution in [3.8, 4) is 0 Å². The van der Waals surface area contributed by atoms with E-state index < -0.39 is 11.9 Å². The average Bonchev–Trinajstić information content (AvgIpc) is 2.91. The maximum Gasteiger partial charge on any atom is 0.433 e. The number of anilines is 1. The van der Waals surface area contributed by atoms with E-state index in [0.717, 1.165) is 19.0 Å². The van der Waals surface area contributed by atoms with Gasteiger partial charge in [0, 0.05) is 32.5 Å². The smallest absolute Gasteiger partial charge is 0.360 e. The lowest BCUT2D eigenvalue weighted by Gasteiger charge is -2.19. The van der Waals surface area contributed by atoms with Crippen LogP contribution in [0.15, 0.2) is 36.9 Å². The molecule has 0 aliphatic rings. The number of alkyl halides is 3. The van der Waals surface area contributed by atoms with Crippen LogP contribution in [0.2, 0.25) is 0 Å². The molecule has 0 saturated heterocycles. The van der Waals surface area contributed by atoms with Gasteiger partial charge in [0.05, 0.1) is 6.33 Å². The van der Waals surface area contributed by atoms with Gasteiger partial charge in [-0.1, -0.05) is 6.07 Å². The van der Waals surface area contributed by atoms with E-state index in [9.17, 15) is 13.2 Å². The first kappa shape index (κ1) is 14.4. The van der Waals surface area contributed by atoms with Crippen molar-refractivity contribution in [1.82, 2.24) is 14.5 Å². The van der Waals surface area contributed by atoms with E-state index in [1.54, 1.807) is 30.5 Å².